The van der Waals surface area contributed by atoms with Crippen molar-refractivity contribution in [3.63, 3.8) is 0 Å². The van der Waals surface area contributed by atoms with Crippen LogP contribution in [-0.4, -0.2) is 28.8 Å². The Labute approximate surface area is 194 Å². The van der Waals surface area contributed by atoms with Crippen molar-refractivity contribution in [3.8, 4) is 0 Å². The summed E-state index contributed by atoms with van der Waals surface area (Å²) in [7, 11) is 0. The van der Waals surface area contributed by atoms with E-state index in [0.717, 1.165) is 42.4 Å². The molecule has 6 heteroatoms. The summed E-state index contributed by atoms with van der Waals surface area (Å²) in [6.07, 6.45) is 5.05. The van der Waals surface area contributed by atoms with Crippen LogP contribution in [0.25, 0.3) is 0 Å². The average molecular weight is 461 g/mol. The van der Waals surface area contributed by atoms with E-state index in [-0.39, 0.29) is 30.8 Å². The third-order valence-corrected chi connectivity index (χ3v) is 6.51. The quantitative estimate of drug-likeness (QED) is 0.548. The summed E-state index contributed by atoms with van der Waals surface area (Å²) in [5.74, 6) is -0.181. The molecule has 4 nitrogen and oxygen atoms in total. The number of rotatable bonds is 8. The molecule has 0 saturated heterocycles. The van der Waals surface area contributed by atoms with Crippen molar-refractivity contribution in [2.45, 2.75) is 71.0 Å². The number of amides is 2. The van der Waals surface area contributed by atoms with Crippen LogP contribution in [0.15, 0.2) is 42.5 Å². The van der Waals surface area contributed by atoms with Crippen molar-refractivity contribution in [1.29, 1.82) is 0 Å². The minimum atomic E-state index is -0.551. The fraction of sp³-hybridized carbons (Fsp3) is 0.440. The second-order valence-corrected chi connectivity index (χ2v) is 9.18. The Hall–Kier alpha value is -2.04. The number of carbonyl (C=O) groups excluding carboxylic acids is 2. The third kappa shape index (κ3) is 6.47. The highest BCUT2D eigenvalue weighted by Crippen LogP contribution is 2.25. The Bertz CT molecular complexity index is 908. The van der Waals surface area contributed by atoms with Crippen molar-refractivity contribution < 1.29 is 9.59 Å². The van der Waals surface area contributed by atoms with Gasteiger partial charge in [0.25, 0.3) is 0 Å². The van der Waals surface area contributed by atoms with E-state index in [4.69, 9.17) is 23.2 Å². The molecule has 1 saturated carbocycles. The summed E-state index contributed by atoms with van der Waals surface area (Å²) in [5, 5.41) is 4.19. The van der Waals surface area contributed by atoms with Crippen molar-refractivity contribution >= 4 is 35.0 Å². The van der Waals surface area contributed by atoms with E-state index >= 15 is 0 Å². The molecule has 1 aliphatic rings. The minimum absolute atomic E-state index is 0.0863. The molecule has 0 heterocycles. The molecular formula is C25H30Cl2N2O2. The number of halogens is 2. The zero-order valence-corrected chi connectivity index (χ0v) is 19.7. The number of nitrogens with zero attached hydrogens (tertiary/aromatic N) is 1. The first kappa shape index (κ1) is 23.6. The Morgan fingerprint density at radius 2 is 1.77 bits per heavy atom. The van der Waals surface area contributed by atoms with E-state index in [2.05, 4.69) is 5.32 Å². The first-order valence-electron chi connectivity index (χ1n) is 11.0. The molecule has 2 aromatic rings. The van der Waals surface area contributed by atoms with E-state index in [1.165, 1.54) is 0 Å². The molecule has 1 fully saturated rings. The largest absolute Gasteiger partial charge is 0.352 e. The summed E-state index contributed by atoms with van der Waals surface area (Å²) in [4.78, 5) is 28.2. The molecule has 2 aromatic carbocycles. The molecule has 0 aliphatic heterocycles. The number of aryl methyl sites for hydroxylation is 1. The monoisotopic (exact) mass is 460 g/mol. The van der Waals surface area contributed by atoms with Crippen LogP contribution in [0.5, 0.6) is 0 Å². The van der Waals surface area contributed by atoms with Gasteiger partial charge in [-0.1, -0.05) is 78.9 Å². The van der Waals surface area contributed by atoms with Crippen LogP contribution in [0, 0.1) is 6.92 Å². The van der Waals surface area contributed by atoms with Crippen molar-refractivity contribution in [2.24, 2.45) is 0 Å². The number of carbonyl (C=O) groups is 2. The van der Waals surface area contributed by atoms with Gasteiger partial charge in [0.15, 0.2) is 0 Å². The van der Waals surface area contributed by atoms with Gasteiger partial charge in [-0.05, 0) is 49.4 Å². The summed E-state index contributed by atoms with van der Waals surface area (Å²) in [5.41, 5.74) is 2.84. The molecule has 0 aromatic heterocycles. The smallest absolute Gasteiger partial charge is 0.243 e. The van der Waals surface area contributed by atoms with Gasteiger partial charge in [-0.25, -0.2) is 0 Å². The van der Waals surface area contributed by atoms with Crippen LogP contribution in [0.2, 0.25) is 10.0 Å². The standard InChI is InChI=1S/C25H30Cl2N2O2/c1-3-23(25(31)28-21-6-4-5-7-21)29(16-19-12-13-20(26)15-22(19)27)24(30)14-18-10-8-17(2)9-11-18/h8-13,15,21,23H,3-7,14,16H2,1-2H3,(H,28,31)/t23-/m1/s1. The van der Waals surface area contributed by atoms with Gasteiger partial charge < -0.3 is 10.2 Å². The van der Waals surface area contributed by atoms with Crippen LogP contribution in [0.1, 0.15) is 55.7 Å². The van der Waals surface area contributed by atoms with E-state index in [1.54, 1.807) is 17.0 Å². The van der Waals surface area contributed by atoms with Gasteiger partial charge in [0.05, 0.1) is 6.42 Å². The molecule has 31 heavy (non-hydrogen) atoms. The molecule has 0 radical (unpaired) electrons. The maximum absolute atomic E-state index is 13.4. The Morgan fingerprint density at radius 1 is 1.10 bits per heavy atom. The molecule has 166 valence electrons. The number of hydrogen-bond donors (Lipinski definition) is 1. The van der Waals surface area contributed by atoms with Crippen LogP contribution in [-0.2, 0) is 22.6 Å². The van der Waals surface area contributed by atoms with Gasteiger partial charge in [-0.3, -0.25) is 9.59 Å². The Kier molecular flexibility index (Phi) is 8.39. The first-order chi connectivity index (χ1) is 14.9. The zero-order valence-electron chi connectivity index (χ0n) is 18.2. The average Bonchev–Trinajstić information content (AvgIpc) is 3.24. The Balaban J connectivity index is 1.84. The molecule has 1 atom stereocenters. The van der Waals surface area contributed by atoms with Crippen LogP contribution < -0.4 is 5.32 Å². The Morgan fingerprint density at radius 3 is 2.39 bits per heavy atom. The molecule has 1 aliphatic carbocycles. The molecule has 0 spiro atoms. The van der Waals surface area contributed by atoms with Gasteiger partial charge >= 0.3 is 0 Å². The van der Waals surface area contributed by atoms with Crippen molar-refractivity contribution in [1.82, 2.24) is 10.2 Å². The van der Waals surface area contributed by atoms with Crippen LogP contribution >= 0.6 is 23.2 Å². The first-order valence-corrected chi connectivity index (χ1v) is 11.7. The lowest BCUT2D eigenvalue weighted by Crippen LogP contribution is -2.51. The SMILES string of the molecule is CC[C@H](C(=O)NC1CCCC1)N(Cc1ccc(Cl)cc1Cl)C(=O)Cc1ccc(C)cc1. The second kappa shape index (κ2) is 11.0. The van der Waals surface area contributed by atoms with Gasteiger partial charge in [0.2, 0.25) is 11.8 Å². The van der Waals surface area contributed by atoms with Gasteiger partial charge in [-0.2, -0.15) is 0 Å². The maximum Gasteiger partial charge on any atom is 0.243 e. The lowest BCUT2D eigenvalue weighted by Gasteiger charge is -2.32. The lowest BCUT2D eigenvalue weighted by atomic mass is 10.1. The highest BCUT2D eigenvalue weighted by Gasteiger charge is 2.31. The lowest BCUT2D eigenvalue weighted by molar-refractivity contribution is -0.141. The van der Waals surface area contributed by atoms with E-state index in [0.29, 0.717) is 16.5 Å². The molecular weight excluding hydrogens is 431 g/mol. The minimum Gasteiger partial charge on any atom is -0.352 e. The highest BCUT2D eigenvalue weighted by molar-refractivity contribution is 6.35. The van der Waals surface area contributed by atoms with Gasteiger partial charge in [-0.15, -0.1) is 0 Å². The van der Waals surface area contributed by atoms with E-state index < -0.39 is 6.04 Å². The zero-order chi connectivity index (χ0) is 22.4. The normalized spacial score (nSPS) is 15.0. The van der Waals surface area contributed by atoms with Crippen molar-refractivity contribution in [3.05, 3.63) is 69.2 Å². The predicted molar refractivity (Wildman–Crippen MR) is 126 cm³/mol. The maximum atomic E-state index is 13.4. The fourth-order valence-corrected chi connectivity index (χ4v) is 4.57. The molecule has 3 rings (SSSR count). The fourth-order valence-electron chi connectivity index (χ4n) is 4.10. The van der Waals surface area contributed by atoms with Crippen LogP contribution in [0.3, 0.4) is 0 Å². The van der Waals surface area contributed by atoms with E-state index in [1.807, 2.05) is 44.2 Å². The third-order valence-electron chi connectivity index (χ3n) is 5.92. The van der Waals surface area contributed by atoms with E-state index in [9.17, 15) is 9.59 Å². The van der Waals surface area contributed by atoms with Gasteiger partial charge in [0, 0.05) is 22.6 Å². The molecule has 2 amide bonds. The molecule has 0 bridgehead atoms. The van der Waals surface area contributed by atoms with Crippen molar-refractivity contribution in [2.75, 3.05) is 0 Å². The molecule has 1 N–H and O–H groups in total. The second-order valence-electron chi connectivity index (χ2n) is 8.33. The van der Waals surface area contributed by atoms with Gasteiger partial charge in [0.1, 0.15) is 6.04 Å². The summed E-state index contributed by atoms with van der Waals surface area (Å²) in [6, 6.07) is 12.8. The topological polar surface area (TPSA) is 49.4 Å². The highest BCUT2D eigenvalue weighted by atomic mass is 35.5. The molecule has 0 unspecified atom stereocenters. The summed E-state index contributed by atoms with van der Waals surface area (Å²) >= 11 is 12.4. The summed E-state index contributed by atoms with van der Waals surface area (Å²) < 4.78 is 0. The predicted octanol–water partition coefficient (Wildman–Crippen LogP) is 5.71. The number of nitrogens with one attached hydrogen (secondary N) is 1. The summed E-state index contributed by atoms with van der Waals surface area (Å²) in [6.45, 7) is 4.22. The number of hydrogen-bond acceptors (Lipinski definition) is 2. The number of benzene rings is 2. The van der Waals surface area contributed by atoms with Crippen LogP contribution in [0.4, 0.5) is 0 Å².